The minimum Gasteiger partial charge on any atom is -0.355 e. The number of fused-ring (bicyclic) bond motifs is 1. The number of carbonyl (C=O) groups excluding carboxylic acids is 1. The number of anilines is 1. The Labute approximate surface area is 110 Å². The molecule has 1 saturated heterocycles. The highest BCUT2D eigenvalue weighted by Crippen LogP contribution is 2.29. The first-order chi connectivity index (χ1) is 8.75. The van der Waals surface area contributed by atoms with Crippen molar-refractivity contribution in [3.05, 3.63) is 17.8 Å². The maximum atomic E-state index is 11.5. The highest BCUT2D eigenvalue weighted by molar-refractivity contribution is 7.16. The molecular weight excluding hydrogens is 246 g/mol. The molecule has 1 fully saturated rings. The quantitative estimate of drug-likeness (QED) is 0.833. The Balaban J connectivity index is 1.94. The summed E-state index contributed by atoms with van der Waals surface area (Å²) in [4.78, 5) is 23.5. The van der Waals surface area contributed by atoms with Crippen LogP contribution in [0.1, 0.15) is 19.8 Å². The van der Waals surface area contributed by atoms with E-state index in [1.54, 1.807) is 24.6 Å². The standard InChI is InChI=1S/C13H15N3OS/c1-9(17)10-3-2-5-16(7-10)12-11-4-6-18-13(11)15-8-14-12/h4,6,8,10H,2-3,5,7H2,1H3. The number of nitrogens with zero attached hydrogens (tertiary/aromatic N) is 3. The fourth-order valence-corrected chi connectivity index (χ4v) is 3.26. The lowest BCUT2D eigenvalue weighted by Gasteiger charge is -2.32. The number of hydrogen-bond acceptors (Lipinski definition) is 5. The largest absolute Gasteiger partial charge is 0.355 e. The molecule has 0 amide bonds. The van der Waals surface area contributed by atoms with Crippen molar-refractivity contribution in [3.63, 3.8) is 0 Å². The van der Waals surface area contributed by atoms with Crippen LogP contribution in [0.2, 0.25) is 0 Å². The predicted molar refractivity (Wildman–Crippen MR) is 73.0 cm³/mol. The summed E-state index contributed by atoms with van der Waals surface area (Å²) in [5.41, 5.74) is 0. The van der Waals surface area contributed by atoms with Gasteiger partial charge in [-0.15, -0.1) is 11.3 Å². The number of Topliss-reactive ketones (excluding diaryl/α,β-unsaturated/α-hetero) is 1. The monoisotopic (exact) mass is 261 g/mol. The van der Waals surface area contributed by atoms with Crippen molar-refractivity contribution in [1.82, 2.24) is 9.97 Å². The second-order valence-corrected chi connectivity index (χ2v) is 5.63. The Morgan fingerprint density at radius 3 is 3.22 bits per heavy atom. The number of hydrogen-bond donors (Lipinski definition) is 0. The molecule has 0 aromatic carbocycles. The topological polar surface area (TPSA) is 46.1 Å². The molecule has 1 aliphatic heterocycles. The van der Waals surface area contributed by atoms with E-state index in [9.17, 15) is 4.79 Å². The van der Waals surface area contributed by atoms with E-state index in [0.717, 1.165) is 42.0 Å². The number of thiophene rings is 1. The zero-order valence-corrected chi connectivity index (χ0v) is 11.1. The molecule has 1 atom stereocenters. The summed E-state index contributed by atoms with van der Waals surface area (Å²) in [7, 11) is 0. The van der Waals surface area contributed by atoms with Gasteiger partial charge in [0.25, 0.3) is 0 Å². The lowest BCUT2D eigenvalue weighted by Crippen LogP contribution is -2.38. The lowest BCUT2D eigenvalue weighted by atomic mass is 9.94. The molecule has 2 aromatic rings. The van der Waals surface area contributed by atoms with Gasteiger partial charge in [0.1, 0.15) is 22.8 Å². The van der Waals surface area contributed by atoms with Crippen LogP contribution in [-0.4, -0.2) is 28.8 Å². The summed E-state index contributed by atoms with van der Waals surface area (Å²) in [5.74, 6) is 1.42. The van der Waals surface area contributed by atoms with Gasteiger partial charge in [-0.1, -0.05) is 0 Å². The van der Waals surface area contributed by atoms with E-state index in [2.05, 4.69) is 20.9 Å². The van der Waals surface area contributed by atoms with Crippen LogP contribution in [0, 0.1) is 5.92 Å². The van der Waals surface area contributed by atoms with Gasteiger partial charge in [-0.2, -0.15) is 0 Å². The van der Waals surface area contributed by atoms with Crippen molar-refractivity contribution < 1.29 is 4.79 Å². The normalized spacial score (nSPS) is 20.3. The molecule has 0 bridgehead atoms. The van der Waals surface area contributed by atoms with Gasteiger partial charge in [0, 0.05) is 19.0 Å². The third-order valence-electron chi connectivity index (χ3n) is 3.54. The minimum absolute atomic E-state index is 0.155. The predicted octanol–water partition coefficient (Wildman–Crippen LogP) is 2.50. The van der Waals surface area contributed by atoms with Crippen LogP contribution in [0.25, 0.3) is 10.2 Å². The summed E-state index contributed by atoms with van der Waals surface area (Å²) in [6, 6.07) is 2.06. The van der Waals surface area contributed by atoms with E-state index >= 15 is 0 Å². The number of piperidine rings is 1. The average molecular weight is 261 g/mol. The molecule has 3 heterocycles. The Kier molecular flexibility index (Phi) is 2.99. The second kappa shape index (κ2) is 4.65. The van der Waals surface area contributed by atoms with Crippen molar-refractivity contribution in [2.75, 3.05) is 18.0 Å². The van der Waals surface area contributed by atoms with Crippen LogP contribution in [0.4, 0.5) is 5.82 Å². The molecule has 5 heteroatoms. The lowest BCUT2D eigenvalue weighted by molar-refractivity contribution is -0.120. The van der Waals surface area contributed by atoms with E-state index < -0.39 is 0 Å². The third kappa shape index (κ3) is 1.99. The number of ketones is 1. The summed E-state index contributed by atoms with van der Waals surface area (Å²) in [5, 5.41) is 3.14. The molecule has 0 N–H and O–H groups in total. The average Bonchev–Trinajstić information content (AvgIpc) is 2.87. The van der Waals surface area contributed by atoms with Gasteiger partial charge >= 0.3 is 0 Å². The Morgan fingerprint density at radius 2 is 2.39 bits per heavy atom. The number of carbonyl (C=O) groups is 1. The van der Waals surface area contributed by atoms with E-state index in [-0.39, 0.29) is 11.7 Å². The van der Waals surface area contributed by atoms with E-state index in [4.69, 9.17) is 0 Å². The molecule has 1 aliphatic rings. The molecule has 3 rings (SSSR count). The first-order valence-corrected chi connectivity index (χ1v) is 7.07. The van der Waals surface area contributed by atoms with Crippen LogP contribution < -0.4 is 4.90 Å². The zero-order valence-electron chi connectivity index (χ0n) is 10.3. The zero-order chi connectivity index (χ0) is 12.5. The smallest absolute Gasteiger partial charge is 0.140 e. The van der Waals surface area contributed by atoms with Gasteiger partial charge in [0.15, 0.2) is 0 Å². The minimum atomic E-state index is 0.155. The first-order valence-electron chi connectivity index (χ1n) is 6.19. The van der Waals surface area contributed by atoms with Crippen LogP contribution in [-0.2, 0) is 4.79 Å². The third-order valence-corrected chi connectivity index (χ3v) is 4.36. The molecule has 0 aliphatic carbocycles. The van der Waals surface area contributed by atoms with Gasteiger partial charge in [0.2, 0.25) is 0 Å². The SMILES string of the molecule is CC(=O)C1CCCN(c2ncnc3sccc23)C1. The van der Waals surface area contributed by atoms with E-state index in [1.807, 2.05) is 5.38 Å². The van der Waals surface area contributed by atoms with Crippen LogP contribution >= 0.6 is 11.3 Å². The van der Waals surface area contributed by atoms with Crippen molar-refractivity contribution in [1.29, 1.82) is 0 Å². The Bertz CT molecular complexity index is 580. The fourth-order valence-electron chi connectivity index (χ4n) is 2.53. The van der Waals surface area contributed by atoms with Gasteiger partial charge < -0.3 is 4.90 Å². The first kappa shape index (κ1) is 11.6. The summed E-state index contributed by atoms with van der Waals surface area (Å²) >= 11 is 1.63. The van der Waals surface area contributed by atoms with Gasteiger partial charge in [-0.05, 0) is 31.2 Å². The number of aromatic nitrogens is 2. The van der Waals surface area contributed by atoms with Crippen molar-refractivity contribution in [3.8, 4) is 0 Å². The summed E-state index contributed by atoms with van der Waals surface area (Å²) < 4.78 is 0. The van der Waals surface area contributed by atoms with Crippen molar-refractivity contribution in [2.24, 2.45) is 5.92 Å². The highest BCUT2D eigenvalue weighted by atomic mass is 32.1. The maximum Gasteiger partial charge on any atom is 0.140 e. The molecule has 0 radical (unpaired) electrons. The second-order valence-electron chi connectivity index (χ2n) is 4.73. The fraction of sp³-hybridized carbons (Fsp3) is 0.462. The highest BCUT2D eigenvalue weighted by Gasteiger charge is 2.25. The molecule has 4 nitrogen and oxygen atoms in total. The van der Waals surface area contributed by atoms with Crippen molar-refractivity contribution >= 4 is 33.2 Å². The van der Waals surface area contributed by atoms with Crippen LogP contribution in [0.5, 0.6) is 0 Å². The van der Waals surface area contributed by atoms with Gasteiger partial charge in [0.05, 0.1) is 5.39 Å². The van der Waals surface area contributed by atoms with Gasteiger partial charge in [-0.3, -0.25) is 4.79 Å². The summed E-state index contributed by atoms with van der Waals surface area (Å²) in [6.07, 6.45) is 3.68. The van der Waals surface area contributed by atoms with Gasteiger partial charge in [-0.25, -0.2) is 9.97 Å². The van der Waals surface area contributed by atoms with Crippen LogP contribution in [0.15, 0.2) is 17.8 Å². The number of rotatable bonds is 2. The molecule has 18 heavy (non-hydrogen) atoms. The molecule has 94 valence electrons. The van der Waals surface area contributed by atoms with E-state index in [1.165, 1.54) is 0 Å². The Hall–Kier alpha value is -1.49. The molecular formula is C13H15N3OS. The Morgan fingerprint density at radius 1 is 1.50 bits per heavy atom. The molecule has 0 saturated carbocycles. The van der Waals surface area contributed by atoms with E-state index in [0.29, 0.717) is 0 Å². The molecule has 1 unspecified atom stereocenters. The summed E-state index contributed by atoms with van der Waals surface area (Å²) in [6.45, 7) is 3.46. The molecule has 2 aromatic heterocycles. The molecule has 0 spiro atoms. The maximum absolute atomic E-state index is 11.5. The van der Waals surface area contributed by atoms with Crippen LogP contribution in [0.3, 0.4) is 0 Å². The van der Waals surface area contributed by atoms with Crippen molar-refractivity contribution in [2.45, 2.75) is 19.8 Å².